The molecule has 1 nitrogen and oxygen atoms in total. The van der Waals surface area contributed by atoms with Gasteiger partial charge in [0, 0.05) is 5.41 Å². The van der Waals surface area contributed by atoms with Crippen LogP contribution in [0.4, 0.5) is 0 Å². The van der Waals surface area contributed by atoms with Crippen LogP contribution in [0.1, 0.15) is 41.2 Å². The van der Waals surface area contributed by atoms with Crippen LogP contribution in [0.25, 0.3) is 0 Å². The first-order valence-electron chi connectivity index (χ1n) is 6.94. The smallest absolute Gasteiger partial charge is 0.0889 e. The first-order chi connectivity index (χ1) is 9.13. The predicted molar refractivity (Wildman–Crippen MR) is 78.2 cm³/mol. The second kappa shape index (κ2) is 4.50. The molecule has 0 amide bonds. The lowest BCUT2D eigenvalue weighted by Gasteiger charge is -2.25. The van der Waals surface area contributed by atoms with Crippen LogP contribution in [0.2, 0.25) is 0 Å². The topological polar surface area (TPSA) is 20.2 Å². The van der Waals surface area contributed by atoms with E-state index in [9.17, 15) is 5.11 Å². The van der Waals surface area contributed by atoms with Crippen LogP contribution in [0.3, 0.4) is 0 Å². The van der Waals surface area contributed by atoms with Crippen molar-refractivity contribution in [3.05, 3.63) is 70.8 Å². The Labute approximate surface area is 114 Å². The highest BCUT2D eigenvalue weighted by Crippen LogP contribution is 2.56. The molecule has 0 aliphatic heterocycles. The Morgan fingerprint density at radius 1 is 1.00 bits per heavy atom. The van der Waals surface area contributed by atoms with Crippen molar-refractivity contribution in [2.45, 2.75) is 38.2 Å². The Bertz CT molecular complexity index is 582. The molecule has 1 fully saturated rings. The number of hydrogen-bond donors (Lipinski definition) is 1. The Morgan fingerprint density at radius 2 is 1.68 bits per heavy atom. The van der Waals surface area contributed by atoms with Gasteiger partial charge >= 0.3 is 0 Å². The van der Waals surface area contributed by atoms with Crippen LogP contribution in [0, 0.1) is 13.8 Å². The lowest BCUT2D eigenvalue weighted by molar-refractivity contribution is 0.132. The third-order valence-electron chi connectivity index (χ3n) is 4.39. The molecule has 1 heteroatoms. The van der Waals surface area contributed by atoms with Crippen molar-refractivity contribution in [1.29, 1.82) is 0 Å². The molecule has 0 bridgehead atoms. The maximum atomic E-state index is 10.9. The minimum absolute atomic E-state index is 0.0557. The lowest BCUT2D eigenvalue weighted by Crippen LogP contribution is -2.19. The zero-order valence-electron chi connectivity index (χ0n) is 11.6. The van der Waals surface area contributed by atoms with E-state index in [1.807, 2.05) is 6.07 Å². The fourth-order valence-electron chi connectivity index (χ4n) is 2.98. The summed E-state index contributed by atoms with van der Waals surface area (Å²) in [6, 6.07) is 16.8. The zero-order valence-corrected chi connectivity index (χ0v) is 11.6. The van der Waals surface area contributed by atoms with Crippen LogP contribution < -0.4 is 0 Å². The molecule has 0 radical (unpaired) electrons. The first kappa shape index (κ1) is 12.4. The molecule has 0 aromatic heterocycles. The first-order valence-corrected chi connectivity index (χ1v) is 6.94. The molecule has 1 saturated carbocycles. The van der Waals surface area contributed by atoms with Crippen molar-refractivity contribution in [1.82, 2.24) is 0 Å². The molecule has 2 aromatic carbocycles. The maximum absolute atomic E-state index is 10.9. The van der Waals surface area contributed by atoms with Gasteiger partial charge in [-0.25, -0.2) is 0 Å². The van der Waals surface area contributed by atoms with Gasteiger partial charge < -0.3 is 5.11 Å². The van der Waals surface area contributed by atoms with Gasteiger partial charge in [-0.1, -0.05) is 54.1 Å². The monoisotopic (exact) mass is 252 g/mol. The number of aliphatic hydroxyl groups excluding tert-OH is 1. The van der Waals surface area contributed by atoms with Crippen molar-refractivity contribution in [2.24, 2.45) is 0 Å². The molecular weight excluding hydrogens is 232 g/mol. The molecule has 1 aliphatic rings. The molecule has 1 N–H and O–H groups in total. The number of rotatable bonds is 3. The van der Waals surface area contributed by atoms with Crippen molar-refractivity contribution in [2.75, 3.05) is 0 Å². The third-order valence-corrected chi connectivity index (χ3v) is 4.39. The Balaban J connectivity index is 2.00. The highest BCUT2D eigenvalue weighted by molar-refractivity contribution is 5.41. The SMILES string of the molecule is Cc1ccc(C)c(C(O)C2(c3ccccc3)CC2)c1. The van der Waals surface area contributed by atoms with E-state index in [0.717, 1.165) is 18.4 Å². The largest absolute Gasteiger partial charge is 0.387 e. The van der Waals surface area contributed by atoms with E-state index < -0.39 is 6.10 Å². The molecule has 98 valence electrons. The summed E-state index contributed by atoms with van der Waals surface area (Å²) in [6.45, 7) is 4.16. The second-order valence-electron chi connectivity index (χ2n) is 5.78. The summed E-state index contributed by atoms with van der Waals surface area (Å²) in [5.74, 6) is 0. The van der Waals surface area contributed by atoms with Gasteiger partial charge in [-0.05, 0) is 43.4 Å². The summed E-state index contributed by atoms with van der Waals surface area (Å²) in [5, 5.41) is 10.9. The predicted octanol–water partition coefficient (Wildman–Crippen LogP) is 4.07. The van der Waals surface area contributed by atoms with Crippen LogP contribution >= 0.6 is 0 Å². The summed E-state index contributed by atoms with van der Waals surface area (Å²) in [5.41, 5.74) is 4.69. The molecule has 3 rings (SSSR count). The van der Waals surface area contributed by atoms with E-state index in [2.05, 4.69) is 56.3 Å². The lowest BCUT2D eigenvalue weighted by atomic mass is 9.84. The van der Waals surface area contributed by atoms with Gasteiger partial charge in [0.1, 0.15) is 0 Å². The zero-order chi connectivity index (χ0) is 13.5. The van der Waals surface area contributed by atoms with E-state index in [1.54, 1.807) is 0 Å². The van der Waals surface area contributed by atoms with Gasteiger partial charge in [-0.15, -0.1) is 0 Å². The van der Waals surface area contributed by atoms with Gasteiger partial charge in [-0.2, -0.15) is 0 Å². The van der Waals surface area contributed by atoms with Crippen LogP contribution in [-0.4, -0.2) is 5.11 Å². The van der Waals surface area contributed by atoms with Crippen molar-refractivity contribution >= 4 is 0 Å². The summed E-state index contributed by atoms with van der Waals surface area (Å²) in [4.78, 5) is 0. The van der Waals surface area contributed by atoms with Gasteiger partial charge in [0.15, 0.2) is 0 Å². The molecule has 19 heavy (non-hydrogen) atoms. The highest BCUT2D eigenvalue weighted by atomic mass is 16.3. The summed E-state index contributed by atoms with van der Waals surface area (Å²) >= 11 is 0. The summed E-state index contributed by atoms with van der Waals surface area (Å²) < 4.78 is 0. The van der Waals surface area contributed by atoms with Gasteiger partial charge in [0.25, 0.3) is 0 Å². The van der Waals surface area contributed by atoms with Crippen LogP contribution in [0.5, 0.6) is 0 Å². The fraction of sp³-hybridized carbons (Fsp3) is 0.333. The number of aryl methyl sites for hydroxylation is 2. The summed E-state index contributed by atoms with van der Waals surface area (Å²) in [6.07, 6.45) is 1.76. The molecule has 0 spiro atoms. The van der Waals surface area contributed by atoms with Crippen LogP contribution in [0.15, 0.2) is 48.5 Å². The van der Waals surface area contributed by atoms with Gasteiger partial charge in [0.2, 0.25) is 0 Å². The molecular formula is C18H20O. The van der Waals surface area contributed by atoms with E-state index in [4.69, 9.17) is 0 Å². The average Bonchev–Trinajstić information content (AvgIpc) is 3.23. The Kier molecular flexibility index (Phi) is 2.94. The number of hydrogen-bond acceptors (Lipinski definition) is 1. The normalized spacial score (nSPS) is 18.1. The van der Waals surface area contributed by atoms with E-state index in [0.29, 0.717) is 0 Å². The molecule has 2 aromatic rings. The molecule has 0 saturated heterocycles. The molecule has 0 heterocycles. The van der Waals surface area contributed by atoms with Crippen molar-refractivity contribution < 1.29 is 5.11 Å². The molecule has 1 atom stereocenters. The molecule has 1 unspecified atom stereocenters. The summed E-state index contributed by atoms with van der Waals surface area (Å²) in [7, 11) is 0. The average molecular weight is 252 g/mol. The quantitative estimate of drug-likeness (QED) is 0.873. The van der Waals surface area contributed by atoms with E-state index in [-0.39, 0.29) is 5.41 Å². The Hall–Kier alpha value is -1.60. The minimum atomic E-state index is -0.394. The molecule has 1 aliphatic carbocycles. The number of benzene rings is 2. The van der Waals surface area contributed by atoms with E-state index in [1.165, 1.54) is 16.7 Å². The van der Waals surface area contributed by atoms with Gasteiger partial charge in [0.05, 0.1) is 6.10 Å². The minimum Gasteiger partial charge on any atom is -0.387 e. The maximum Gasteiger partial charge on any atom is 0.0889 e. The van der Waals surface area contributed by atoms with Gasteiger partial charge in [-0.3, -0.25) is 0 Å². The number of aliphatic hydroxyl groups is 1. The van der Waals surface area contributed by atoms with Crippen LogP contribution in [-0.2, 0) is 5.41 Å². The standard InChI is InChI=1S/C18H20O/c1-13-8-9-14(2)16(12-13)17(19)18(10-11-18)15-6-4-3-5-7-15/h3-9,12,17,19H,10-11H2,1-2H3. The Morgan fingerprint density at radius 3 is 2.32 bits per heavy atom. The third kappa shape index (κ3) is 2.08. The van der Waals surface area contributed by atoms with Crippen molar-refractivity contribution in [3.63, 3.8) is 0 Å². The second-order valence-corrected chi connectivity index (χ2v) is 5.78. The van der Waals surface area contributed by atoms with E-state index >= 15 is 0 Å². The van der Waals surface area contributed by atoms with Crippen molar-refractivity contribution in [3.8, 4) is 0 Å². The highest BCUT2D eigenvalue weighted by Gasteiger charge is 2.50. The fourth-order valence-corrected chi connectivity index (χ4v) is 2.98.